The van der Waals surface area contributed by atoms with Crippen LogP contribution in [0, 0.1) is 13.8 Å². The summed E-state index contributed by atoms with van der Waals surface area (Å²) < 4.78 is 5.18. The Balaban J connectivity index is 1.69. The quantitative estimate of drug-likeness (QED) is 0.776. The van der Waals surface area contributed by atoms with Crippen molar-refractivity contribution in [3.63, 3.8) is 0 Å². The Hall–Kier alpha value is -2.56. The lowest BCUT2D eigenvalue weighted by Gasteiger charge is -2.12. The van der Waals surface area contributed by atoms with Crippen molar-refractivity contribution in [3.8, 4) is 0 Å². The Morgan fingerprint density at radius 1 is 1.36 bits per heavy atom. The molecule has 5 heteroatoms. The van der Waals surface area contributed by atoms with E-state index in [0.29, 0.717) is 12.2 Å². The summed E-state index contributed by atoms with van der Waals surface area (Å²) in [5, 5.41) is 7.95. The second kappa shape index (κ2) is 5.67. The van der Waals surface area contributed by atoms with Gasteiger partial charge in [-0.25, -0.2) is 0 Å². The lowest BCUT2D eigenvalue weighted by Crippen LogP contribution is -2.28. The van der Waals surface area contributed by atoms with Crippen molar-refractivity contribution in [2.45, 2.75) is 26.7 Å². The fourth-order valence-corrected chi connectivity index (χ4v) is 2.83. The highest BCUT2D eigenvalue weighted by Gasteiger charge is 2.18. The number of hydrogen-bond acceptors (Lipinski definition) is 3. The van der Waals surface area contributed by atoms with Gasteiger partial charge in [-0.1, -0.05) is 30.3 Å². The minimum Gasteiger partial charge on any atom is -0.361 e. The molecule has 0 saturated heterocycles. The van der Waals surface area contributed by atoms with Crippen molar-refractivity contribution in [1.82, 2.24) is 15.5 Å². The predicted molar refractivity (Wildman–Crippen MR) is 85.0 cm³/mol. The molecule has 5 nitrogen and oxygen atoms in total. The molecule has 3 aromatic rings. The Bertz CT molecular complexity index is 764. The number of aryl methyl sites for hydroxylation is 2. The zero-order chi connectivity index (χ0) is 15.7. The van der Waals surface area contributed by atoms with E-state index in [4.69, 9.17) is 4.52 Å². The summed E-state index contributed by atoms with van der Waals surface area (Å²) >= 11 is 0. The van der Waals surface area contributed by atoms with Gasteiger partial charge in [-0.2, -0.15) is 0 Å². The molecular formula is C17H19N3O2. The van der Waals surface area contributed by atoms with E-state index in [1.165, 1.54) is 0 Å². The van der Waals surface area contributed by atoms with Gasteiger partial charge in [0.1, 0.15) is 11.5 Å². The van der Waals surface area contributed by atoms with Crippen LogP contribution in [0.2, 0.25) is 0 Å². The summed E-state index contributed by atoms with van der Waals surface area (Å²) in [6.07, 6.45) is 0. The molecule has 3 rings (SSSR count). The Labute approximate surface area is 128 Å². The van der Waals surface area contributed by atoms with Crippen LogP contribution in [0.25, 0.3) is 10.9 Å². The zero-order valence-corrected chi connectivity index (χ0v) is 12.9. The number of para-hydroxylation sites is 1. The highest BCUT2D eigenvalue weighted by Crippen LogP contribution is 2.22. The minimum atomic E-state index is -0.102. The molecule has 2 aromatic heterocycles. The molecule has 1 aromatic carbocycles. The third-order valence-corrected chi connectivity index (χ3v) is 3.92. The molecular weight excluding hydrogens is 278 g/mol. The molecule has 0 spiro atoms. The van der Waals surface area contributed by atoms with E-state index in [2.05, 4.69) is 22.4 Å². The maximum atomic E-state index is 12.3. The molecule has 114 valence electrons. The molecule has 1 amide bonds. The summed E-state index contributed by atoms with van der Waals surface area (Å²) in [7, 11) is 0. The number of fused-ring (bicyclic) bond motifs is 1. The fourth-order valence-electron chi connectivity index (χ4n) is 2.83. The molecule has 0 aliphatic carbocycles. The first-order valence-electron chi connectivity index (χ1n) is 7.35. The van der Waals surface area contributed by atoms with Crippen LogP contribution in [0.1, 0.15) is 40.3 Å². The van der Waals surface area contributed by atoms with Gasteiger partial charge in [-0.05, 0) is 26.0 Å². The first kappa shape index (κ1) is 14.4. The number of carbonyl (C=O) groups excluding carboxylic acids is 1. The lowest BCUT2D eigenvalue weighted by atomic mass is 9.99. The second-order valence-electron chi connectivity index (χ2n) is 5.62. The number of aromatic amines is 1. The van der Waals surface area contributed by atoms with E-state index in [0.717, 1.165) is 27.9 Å². The predicted octanol–water partition coefficient (Wildman–Crippen LogP) is 3.31. The van der Waals surface area contributed by atoms with E-state index >= 15 is 0 Å². The van der Waals surface area contributed by atoms with Crippen molar-refractivity contribution in [2.24, 2.45) is 0 Å². The molecule has 0 radical (unpaired) electrons. The van der Waals surface area contributed by atoms with Crippen LogP contribution >= 0.6 is 0 Å². The average Bonchev–Trinajstić information content (AvgIpc) is 3.08. The number of aromatic nitrogens is 2. The van der Waals surface area contributed by atoms with Gasteiger partial charge in [-0.3, -0.25) is 4.79 Å². The Kier molecular flexibility index (Phi) is 3.71. The van der Waals surface area contributed by atoms with Crippen LogP contribution in [0.3, 0.4) is 0 Å². The number of nitrogens with one attached hydrogen (secondary N) is 2. The van der Waals surface area contributed by atoms with E-state index in [1.54, 1.807) is 0 Å². The molecule has 1 atom stereocenters. The first-order chi connectivity index (χ1) is 10.6. The summed E-state index contributed by atoms with van der Waals surface area (Å²) in [5.74, 6) is 0.860. The van der Waals surface area contributed by atoms with E-state index in [-0.39, 0.29) is 11.8 Å². The van der Waals surface area contributed by atoms with Gasteiger partial charge in [-0.15, -0.1) is 0 Å². The maximum absolute atomic E-state index is 12.3. The minimum absolute atomic E-state index is 0.102. The van der Waals surface area contributed by atoms with Gasteiger partial charge < -0.3 is 14.8 Å². The fraction of sp³-hybridized carbons (Fsp3) is 0.294. The smallest absolute Gasteiger partial charge is 0.267 e. The zero-order valence-electron chi connectivity index (χ0n) is 12.9. The van der Waals surface area contributed by atoms with Crippen molar-refractivity contribution >= 4 is 16.8 Å². The molecule has 0 aliphatic rings. The van der Waals surface area contributed by atoms with E-state index in [9.17, 15) is 4.79 Å². The first-order valence-corrected chi connectivity index (χ1v) is 7.35. The van der Waals surface area contributed by atoms with E-state index in [1.807, 2.05) is 44.2 Å². The van der Waals surface area contributed by atoms with Gasteiger partial charge in [0.2, 0.25) is 0 Å². The standard InChI is InChI=1S/C17H19N3O2/c1-10(16-11(2)20-22-12(16)3)9-18-17(21)15-8-13-6-4-5-7-14(13)19-15/h4-8,10,19H,9H2,1-3H3,(H,18,21)/t10-/m1/s1. The summed E-state index contributed by atoms with van der Waals surface area (Å²) in [6.45, 7) is 6.41. The van der Waals surface area contributed by atoms with E-state index < -0.39 is 0 Å². The van der Waals surface area contributed by atoms with Crippen LogP contribution in [-0.2, 0) is 0 Å². The van der Waals surface area contributed by atoms with Crippen LogP contribution in [0.4, 0.5) is 0 Å². The van der Waals surface area contributed by atoms with Gasteiger partial charge >= 0.3 is 0 Å². The highest BCUT2D eigenvalue weighted by atomic mass is 16.5. The number of nitrogens with zero attached hydrogens (tertiary/aromatic N) is 1. The molecule has 22 heavy (non-hydrogen) atoms. The molecule has 0 unspecified atom stereocenters. The number of hydrogen-bond donors (Lipinski definition) is 2. The Morgan fingerprint density at radius 2 is 2.14 bits per heavy atom. The molecule has 0 aliphatic heterocycles. The van der Waals surface area contributed by atoms with Crippen LogP contribution < -0.4 is 5.32 Å². The third kappa shape index (κ3) is 2.62. The van der Waals surface area contributed by atoms with Gasteiger partial charge in [0.25, 0.3) is 5.91 Å². The lowest BCUT2D eigenvalue weighted by molar-refractivity contribution is 0.0947. The van der Waals surface area contributed by atoms with Gasteiger partial charge in [0.05, 0.1) is 5.69 Å². The van der Waals surface area contributed by atoms with Gasteiger partial charge in [0, 0.05) is 28.9 Å². The summed E-state index contributed by atoms with van der Waals surface area (Å²) in [6, 6.07) is 9.70. The van der Waals surface area contributed by atoms with Crippen molar-refractivity contribution in [3.05, 3.63) is 53.0 Å². The highest BCUT2D eigenvalue weighted by molar-refractivity contribution is 5.97. The molecule has 0 bridgehead atoms. The average molecular weight is 297 g/mol. The monoisotopic (exact) mass is 297 g/mol. The van der Waals surface area contributed by atoms with Crippen LogP contribution in [-0.4, -0.2) is 22.6 Å². The van der Waals surface area contributed by atoms with Crippen molar-refractivity contribution < 1.29 is 9.32 Å². The number of benzene rings is 1. The van der Waals surface area contributed by atoms with Crippen molar-refractivity contribution in [1.29, 1.82) is 0 Å². The number of rotatable bonds is 4. The Morgan fingerprint density at radius 3 is 2.82 bits per heavy atom. The third-order valence-electron chi connectivity index (χ3n) is 3.92. The topological polar surface area (TPSA) is 70.9 Å². The van der Waals surface area contributed by atoms with Crippen LogP contribution in [0.15, 0.2) is 34.9 Å². The second-order valence-corrected chi connectivity index (χ2v) is 5.62. The number of carbonyl (C=O) groups is 1. The normalized spacial score (nSPS) is 12.5. The molecule has 2 heterocycles. The number of H-pyrrole nitrogens is 1. The van der Waals surface area contributed by atoms with Crippen LogP contribution in [0.5, 0.6) is 0 Å². The molecule has 0 fully saturated rings. The van der Waals surface area contributed by atoms with Gasteiger partial charge in [0.15, 0.2) is 0 Å². The number of amides is 1. The van der Waals surface area contributed by atoms with Crippen molar-refractivity contribution in [2.75, 3.05) is 6.54 Å². The SMILES string of the molecule is Cc1noc(C)c1[C@H](C)CNC(=O)c1cc2ccccc2[nH]1. The largest absolute Gasteiger partial charge is 0.361 e. The summed E-state index contributed by atoms with van der Waals surface area (Å²) in [5.41, 5.74) is 3.49. The summed E-state index contributed by atoms with van der Waals surface area (Å²) in [4.78, 5) is 15.4. The molecule has 0 saturated carbocycles. The maximum Gasteiger partial charge on any atom is 0.267 e. The molecule has 2 N–H and O–H groups in total.